The molecule has 44 heavy (non-hydrogen) atoms. The lowest BCUT2D eigenvalue weighted by atomic mass is 9.87. The van der Waals surface area contributed by atoms with Crippen LogP contribution in [-0.4, -0.2) is 49.0 Å². The molecule has 2 aliphatic rings. The Morgan fingerprint density at radius 1 is 1.11 bits per heavy atom. The van der Waals surface area contributed by atoms with E-state index in [2.05, 4.69) is 0 Å². The number of ether oxygens (including phenoxy) is 2. The lowest BCUT2D eigenvalue weighted by molar-refractivity contribution is -0.138. The quantitative estimate of drug-likeness (QED) is 0.147. The van der Waals surface area contributed by atoms with Crippen LogP contribution < -0.4 is 14.4 Å². The molecule has 2 aromatic rings. The number of nitrogens with zero attached hydrogens (tertiary/aromatic N) is 1. The molecule has 0 heterocycles. The van der Waals surface area contributed by atoms with E-state index in [1.165, 1.54) is 19.2 Å². The van der Waals surface area contributed by atoms with Gasteiger partial charge in [0.15, 0.2) is 5.78 Å². The second-order valence-corrected chi connectivity index (χ2v) is 12.1. The molecule has 238 valence electrons. The van der Waals surface area contributed by atoms with E-state index in [1.807, 2.05) is 36.2 Å². The first-order valence-corrected chi connectivity index (χ1v) is 15.3. The summed E-state index contributed by atoms with van der Waals surface area (Å²) in [5, 5.41) is 8.76. The second kappa shape index (κ2) is 14.5. The summed E-state index contributed by atoms with van der Waals surface area (Å²) in [4.78, 5) is 26.9. The van der Waals surface area contributed by atoms with Gasteiger partial charge in [0.25, 0.3) is 0 Å². The molecule has 0 fully saturated rings. The van der Waals surface area contributed by atoms with E-state index in [4.69, 9.17) is 26.2 Å². The molecule has 0 aromatic heterocycles. The van der Waals surface area contributed by atoms with Gasteiger partial charge in [-0.25, -0.2) is 0 Å². The average molecular weight is 634 g/mol. The first kappa shape index (κ1) is 33.4. The molecule has 0 spiro atoms. The molecule has 2 aromatic carbocycles. The van der Waals surface area contributed by atoms with Crippen molar-refractivity contribution in [3.63, 3.8) is 0 Å². The molecule has 2 aliphatic carbocycles. The zero-order valence-electron chi connectivity index (χ0n) is 25.3. The van der Waals surface area contributed by atoms with Gasteiger partial charge < -0.3 is 19.5 Å². The predicted molar refractivity (Wildman–Crippen MR) is 165 cm³/mol. The van der Waals surface area contributed by atoms with Crippen LogP contribution in [0.15, 0.2) is 54.1 Å². The van der Waals surface area contributed by atoms with Crippen LogP contribution in [0.2, 0.25) is 0 Å². The van der Waals surface area contributed by atoms with Crippen molar-refractivity contribution in [2.75, 3.05) is 25.7 Å². The number of methoxy groups -OCH3 is 1. The number of likely N-dealkylation sites (N-methyl/N-ethyl adjacent to an activating group) is 1. The largest absolute Gasteiger partial charge is 0.497 e. The van der Waals surface area contributed by atoms with Gasteiger partial charge >= 0.3 is 12.1 Å². The first-order valence-electron chi connectivity index (χ1n) is 14.9. The van der Waals surface area contributed by atoms with Crippen molar-refractivity contribution in [3.05, 3.63) is 76.4 Å². The van der Waals surface area contributed by atoms with Crippen molar-refractivity contribution in [2.45, 2.75) is 75.9 Å². The third-order valence-corrected chi connectivity index (χ3v) is 8.73. The number of alkyl halides is 4. The lowest BCUT2D eigenvalue weighted by Crippen LogP contribution is -2.41. The smallest absolute Gasteiger partial charge is 0.416 e. The number of allylic oxidation sites excluding steroid dienone is 2. The summed E-state index contributed by atoms with van der Waals surface area (Å²) < 4.78 is 51.7. The number of halogens is 4. The fraction of sp³-hybridized carbons (Fsp3) is 0.471. The maximum atomic E-state index is 14.1. The molecule has 0 radical (unpaired) electrons. The molecule has 10 heteroatoms. The van der Waals surface area contributed by atoms with E-state index in [0.717, 1.165) is 16.7 Å². The van der Waals surface area contributed by atoms with E-state index in [1.54, 1.807) is 19.1 Å². The van der Waals surface area contributed by atoms with Crippen LogP contribution in [0.4, 0.5) is 18.9 Å². The number of rotatable bonds is 12. The molecule has 3 atom stereocenters. The maximum Gasteiger partial charge on any atom is 0.416 e. The number of benzene rings is 2. The average Bonchev–Trinajstić information content (AvgIpc) is 3.18. The molecule has 4 rings (SSSR count). The number of carboxylic acid groups (broad SMARTS) is 1. The highest BCUT2D eigenvalue weighted by Crippen LogP contribution is 2.37. The molecular weight excluding hydrogens is 595 g/mol. The number of aryl methyl sites for hydroxylation is 2. The highest BCUT2D eigenvalue weighted by molar-refractivity contribution is 6.22. The van der Waals surface area contributed by atoms with Crippen LogP contribution in [0.5, 0.6) is 11.5 Å². The van der Waals surface area contributed by atoms with Gasteiger partial charge in [0.1, 0.15) is 17.5 Å². The van der Waals surface area contributed by atoms with Crippen molar-refractivity contribution in [2.24, 2.45) is 5.92 Å². The van der Waals surface area contributed by atoms with Crippen molar-refractivity contribution >= 4 is 29.0 Å². The summed E-state index contributed by atoms with van der Waals surface area (Å²) in [6.45, 7) is 1.94. The van der Waals surface area contributed by atoms with E-state index >= 15 is 0 Å². The first-order chi connectivity index (χ1) is 20.8. The van der Waals surface area contributed by atoms with E-state index in [9.17, 15) is 22.8 Å². The summed E-state index contributed by atoms with van der Waals surface area (Å²) in [7, 11) is 3.37. The summed E-state index contributed by atoms with van der Waals surface area (Å²) in [5.74, 6) is 0.149. The van der Waals surface area contributed by atoms with Gasteiger partial charge in [0, 0.05) is 43.8 Å². The number of ketones is 1. The van der Waals surface area contributed by atoms with Gasteiger partial charge in [-0.3, -0.25) is 9.59 Å². The fourth-order valence-corrected chi connectivity index (χ4v) is 6.21. The Hall–Kier alpha value is -3.46. The molecule has 0 saturated carbocycles. The van der Waals surface area contributed by atoms with E-state index < -0.39 is 23.8 Å². The number of carbonyl (C=O) groups is 2. The third-order valence-electron chi connectivity index (χ3n) is 8.40. The number of Topliss-reactive ketones (excluding diaryl/α,β-unsaturated/α-hetero) is 1. The molecule has 0 aliphatic heterocycles. The van der Waals surface area contributed by atoms with Gasteiger partial charge in [-0.2, -0.15) is 13.2 Å². The molecular formula is C34H39ClF3NO5. The minimum Gasteiger partial charge on any atom is -0.497 e. The molecule has 0 bridgehead atoms. The van der Waals surface area contributed by atoms with E-state index in [-0.39, 0.29) is 36.5 Å². The summed E-state index contributed by atoms with van der Waals surface area (Å²) in [5.41, 5.74) is 3.21. The SMILES string of the molecule is COc1cc(OCCCC(=O)O)cc(N(C)C(C(=O)CC2CCc3cc(C(F)(F)F)cc(C)c3CC2)C2=CCC(Cl)C=C2)c1. The Labute approximate surface area is 261 Å². The van der Waals surface area contributed by atoms with Crippen LogP contribution >= 0.6 is 11.6 Å². The minimum atomic E-state index is -4.40. The Morgan fingerprint density at radius 3 is 2.50 bits per heavy atom. The summed E-state index contributed by atoms with van der Waals surface area (Å²) in [6, 6.07) is 7.18. The predicted octanol–water partition coefficient (Wildman–Crippen LogP) is 7.72. The van der Waals surface area contributed by atoms with Crippen LogP contribution in [0.25, 0.3) is 0 Å². The Bertz CT molecular complexity index is 1420. The standard InChI is InChI=1S/C34H39ClF3NO5/c1-21-15-25(34(36,37)38)17-24-8-6-22(7-13-30(21)24)16-31(40)33(23-9-11-26(35)12-10-23)39(2)27-18-28(43-3)20-29(19-27)44-14-4-5-32(41)42/h9-11,15,17-20,22,26,33H,4-8,12-14,16H2,1-3H3,(H,41,42). The minimum absolute atomic E-state index is 0.00632. The monoisotopic (exact) mass is 633 g/mol. The number of aliphatic carboxylic acids is 1. The molecule has 6 nitrogen and oxygen atoms in total. The van der Waals surface area contributed by atoms with Gasteiger partial charge in [0.2, 0.25) is 0 Å². The number of anilines is 1. The Kier molecular flexibility index (Phi) is 11.1. The normalized spacial score (nSPS) is 18.9. The number of carboxylic acids is 1. The van der Waals surface area contributed by atoms with Crippen LogP contribution in [0.1, 0.15) is 60.8 Å². The van der Waals surface area contributed by atoms with Gasteiger partial charge in [0.05, 0.1) is 24.7 Å². The summed E-state index contributed by atoms with van der Waals surface area (Å²) in [6.07, 6.45) is 5.01. The lowest BCUT2D eigenvalue weighted by Gasteiger charge is -2.32. The van der Waals surface area contributed by atoms with Gasteiger partial charge in [-0.15, -0.1) is 11.6 Å². The van der Waals surface area contributed by atoms with Crippen molar-refractivity contribution in [1.82, 2.24) is 0 Å². The number of fused-ring (bicyclic) bond motifs is 1. The topological polar surface area (TPSA) is 76.1 Å². The molecule has 0 saturated heterocycles. The van der Waals surface area contributed by atoms with Crippen LogP contribution in [0.3, 0.4) is 0 Å². The Morgan fingerprint density at radius 2 is 1.84 bits per heavy atom. The van der Waals surface area contributed by atoms with Crippen LogP contribution in [-0.2, 0) is 28.6 Å². The zero-order valence-corrected chi connectivity index (χ0v) is 26.0. The molecule has 0 amide bonds. The summed E-state index contributed by atoms with van der Waals surface area (Å²) >= 11 is 6.30. The van der Waals surface area contributed by atoms with Gasteiger partial charge in [-0.1, -0.05) is 18.2 Å². The zero-order chi connectivity index (χ0) is 32.0. The third kappa shape index (κ3) is 8.58. The highest BCUT2D eigenvalue weighted by Gasteiger charge is 2.34. The Balaban J connectivity index is 1.55. The second-order valence-electron chi connectivity index (χ2n) is 11.6. The number of hydrogen-bond acceptors (Lipinski definition) is 5. The number of hydrogen-bond donors (Lipinski definition) is 1. The molecule has 1 N–H and O–H groups in total. The maximum absolute atomic E-state index is 14.1. The van der Waals surface area contributed by atoms with E-state index in [0.29, 0.717) is 61.3 Å². The van der Waals surface area contributed by atoms with Gasteiger partial charge in [-0.05, 0) is 85.8 Å². The van der Waals surface area contributed by atoms with Crippen molar-refractivity contribution in [1.29, 1.82) is 0 Å². The highest BCUT2D eigenvalue weighted by atomic mass is 35.5. The number of carbonyl (C=O) groups excluding carboxylic acids is 1. The van der Waals surface area contributed by atoms with Crippen molar-refractivity contribution < 1.29 is 37.3 Å². The van der Waals surface area contributed by atoms with Crippen molar-refractivity contribution in [3.8, 4) is 11.5 Å². The fourth-order valence-electron chi connectivity index (χ4n) is 6.05. The molecule has 3 unspecified atom stereocenters. The van der Waals surface area contributed by atoms with Crippen LogP contribution in [0, 0.1) is 12.8 Å².